The highest BCUT2D eigenvalue weighted by Crippen LogP contribution is 2.28. The molecular weight excluding hydrogens is 536 g/mol. The Hall–Kier alpha value is -3.72. The van der Waals surface area contributed by atoms with Gasteiger partial charge in [0, 0.05) is 27.7 Å². The SMILES string of the molecule is C=CCOC(=O)N[C@@H](CO[C@H]1O[C@H](COC(C)=O)[C@H](OC(C)=O)[C@H](OC(C)=O)[C@H]1NC(C)=O)C(=O)OC(C)(C)C. The maximum Gasteiger partial charge on any atom is 0.408 e. The third-order valence-corrected chi connectivity index (χ3v) is 4.81. The molecule has 1 saturated heterocycles. The highest BCUT2D eigenvalue weighted by molar-refractivity contribution is 5.81. The quantitative estimate of drug-likeness (QED) is 0.184. The smallest absolute Gasteiger partial charge is 0.408 e. The molecule has 0 bridgehead atoms. The molecule has 1 aliphatic heterocycles. The molecule has 1 rings (SSSR count). The maximum absolute atomic E-state index is 12.8. The average Bonchev–Trinajstić information content (AvgIpc) is 2.80. The predicted molar refractivity (Wildman–Crippen MR) is 134 cm³/mol. The molecule has 1 aliphatic rings. The molecule has 0 unspecified atom stereocenters. The van der Waals surface area contributed by atoms with Crippen LogP contribution in [0.25, 0.3) is 0 Å². The monoisotopic (exact) mass is 574 g/mol. The number of carbonyl (C=O) groups is 6. The van der Waals surface area contributed by atoms with Gasteiger partial charge in [-0.25, -0.2) is 9.59 Å². The Balaban J connectivity index is 3.37. The zero-order valence-corrected chi connectivity index (χ0v) is 23.7. The van der Waals surface area contributed by atoms with E-state index in [1.807, 2.05) is 0 Å². The summed E-state index contributed by atoms with van der Waals surface area (Å²) >= 11 is 0. The normalized spacial score (nSPS) is 23.0. The van der Waals surface area contributed by atoms with E-state index in [2.05, 4.69) is 17.2 Å². The van der Waals surface area contributed by atoms with Gasteiger partial charge in [-0.3, -0.25) is 19.2 Å². The van der Waals surface area contributed by atoms with Crippen molar-refractivity contribution in [3.63, 3.8) is 0 Å². The third kappa shape index (κ3) is 12.4. The second-order valence-corrected chi connectivity index (χ2v) is 9.67. The molecule has 1 heterocycles. The van der Waals surface area contributed by atoms with Crippen molar-refractivity contribution < 1.29 is 61.9 Å². The molecule has 0 aromatic rings. The largest absolute Gasteiger partial charge is 0.463 e. The molecule has 0 aromatic heterocycles. The van der Waals surface area contributed by atoms with E-state index in [1.54, 1.807) is 20.8 Å². The van der Waals surface area contributed by atoms with Crippen LogP contribution in [0.4, 0.5) is 4.79 Å². The van der Waals surface area contributed by atoms with Gasteiger partial charge in [-0.05, 0) is 20.8 Å². The number of hydrogen-bond acceptors (Lipinski definition) is 13. The van der Waals surface area contributed by atoms with Crippen molar-refractivity contribution in [2.45, 2.75) is 90.8 Å². The van der Waals surface area contributed by atoms with Gasteiger partial charge in [-0.1, -0.05) is 12.7 Å². The van der Waals surface area contributed by atoms with Crippen LogP contribution in [-0.2, 0) is 57.1 Å². The molecule has 6 atom stereocenters. The minimum absolute atomic E-state index is 0.135. The Morgan fingerprint density at radius 2 is 1.52 bits per heavy atom. The van der Waals surface area contributed by atoms with Gasteiger partial charge in [0.05, 0.1) is 6.61 Å². The summed E-state index contributed by atoms with van der Waals surface area (Å²) in [7, 11) is 0. The van der Waals surface area contributed by atoms with Crippen LogP contribution in [0.5, 0.6) is 0 Å². The lowest BCUT2D eigenvalue weighted by Crippen LogP contribution is -2.67. The number of esters is 4. The Morgan fingerprint density at radius 3 is 2.02 bits per heavy atom. The topological polar surface area (TPSA) is 191 Å². The minimum atomic E-state index is -1.46. The molecule has 2 N–H and O–H groups in total. The first kappa shape index (κ1) is 34.3. The molecule has 226 valence electrons. The average molecular weight is 575 g/mol. The lowest BCUT2D eigenvalue weighted by molar-refractivity contribution is -0.278. The van der Waals surface area contributed by atoms with Gasteiger partial charge in [0.15, 0.2) is 24.5 Å². The number of ether oxygens (including phenoxy) is 7. The van der Waals surface area contributed by atoms with E-state index in [4.69, 9.17) is 33.2 Å². The summed E-state index contributed by atoms with van der Waals surface area (Å²) in [6.07, 6.45) is -5.03. The second kappa shape index (κ2) is 15.8. The number of amides is 2. The van der Waals surface area contributed by atoms with Crippen molar-refractivity contribution in [3.05, 3.63) is 12.7 Å². The molecule has 0 saturated carbocycles. The van der Waals surface area contributed by atoms with E-state index in [0.29, 0.717) is 0 Å². The first-order chi connectivity index (χ1) is 18.5. The molecule has 1 fully saturated rings. The standard InChI is InChI=1S/C25H38N2O13/c1-9-10-34-24(33)27-17(22(32)40-25(6,7)8)11-36-23-19(26-13(2)28)21(38-16(5)31)20(37-15(4)30)18(39-23)12-35-14(3)29/h9,17-21,23H,1,10-12H2,2-8H3,(H,26,28)(H,27,33)/t17-,18+,19+,20-,21+,23-/m0/s1. The van der Waals surface area contributed by atoms with Crippen LogP contribution >= 0.6 is 0 Å². The van der Waals surface area contributed by atoms with Crippen molar-refractivity contribution in [3.8, 4) is 0 Å². The highest BCUT2D eigenvalue weighted by Gasteiger charge is 2.51. The number of alkyl carbamates (subject to hydrolysis) is 1. The summed E-state index contributed by atoms with van der Waals surface area (Å²) in [6.45, 7) is 11.7. The minimum Gasteiger partial charge on any atom is -0.463 e. The van der Waals surface area contributed by atoms with Crippen LogP contribution in [0.1, 0.15) is 48.5 Å². The van der Waals surface area contributed by atoms with Crippen LogP contribution in [-0.4, -0.2) is 98.0 Å². The lowest BCUT2D eigenvalue weighted by Gasteiger charge is -2.45. The van der Waals surface area contributed by atoms with Crippen LogP contribution in [0.2, 0.25) is 0 Å². The van der Waals surface area contributed by atoms with E-state index in [1.165, 1.54) is 13.0 Å². The highest BCUT2D eigenvalue weighted by atomic mass is 16.7. The van der Waals surface area contributed by atoms with Gasteiger partial charge in [-0.2, -0.15) is 0 Å². The Bertz CT molecular complexity index is 945. The fourth-order valence-corrected chi connectivity index (χ4v) is 3.48. The molecule has 0 aromatic carbocycles. The summed E-state index contributed by atoms with van der Waals surface area (Å²) in [5.41, 5.74) is -0.922. The van der Waals surface area contributed by atoms with E-state index in [0.717, 1.165) is 20.8 Å². The molecule has 15 heteroatoms. The van der Waals surface area contributed by atoms with Gasteiger partial charge >= 0.3 is 30.0 Å². The first-order valence-corrected chi connectivity index (χ1v) is 12.3. The van der Waals surface area contributed by atoms with Gasteiger partial charge in [0.2, 0.25) is 5.91 Å². The molecule has 40 heavy (non-hydrogen) atoms. The summed E-state index contributed by atoms with van der Waals surface area (Å²) in [5, 5.41) is 4.85. The summed E-state index contributed by atoms with van der Waals surface area (Å²) in [5.74, 6) is -3.70. The summed E-state index contributed by atoms with van der Waals surface area (Å²) < 4.78 is 37.7. The van der Waals surface area contributed by atoms with Crippen LogP contribution in [0, 0.1) is 0 Å². The number of hydrogen-bond donors (Lipinski definition) is 2. The lowest BCUT2D eigenvalue weighted by atomic mass is 9.96. The van der Waals surface area contributed by atoms with Gasteiger partial charge in [-0.15, -0.1) is 0 Å². The molecule has 0 aliphatic carbocycles. The maximum atomic E-state index is 12.8. The summed E-state index contributed by atoms with van der Waals surface area (Å²) in [4.78, 5) is 72.4. The fourth-order valence-electron chi connectivity index (χ4n) is 3.48. The number of carbonyl (C=O) groups excluding carboxylic acids is 6. The third-order valence-electron chi connectivity index (χ3n) is 4.81. The Kier molecular flexibility index (Phi) is 13.5. The van der Waals surface area contributed by atoms with Crippen molar-refractivity contribution in [2.75, 3.05) is 19.8 Å². The molecule has 0 spiro atoms. The molecule has 15 nitrogen and oxygen atoms in total. The van der Waals surface area contributed by atoms with Crippen molar-refractivity contribution in [1.29, 1.82) is 0 Å². The second-order valence-electron chi connectivity index (χ2n) is 9.67. The zero-order valence-electron chi connectivity index (χ0n) is 23.7. The van der Waals surface area contributed by atoms with E-state index in [9.17, 15) is 28.8 Å². The van der Waals surface area contributed by atoms with Crippen LogP contribution < -0.4 is 10.6 Å². The number of rotatable bonds is 12. The van der Waals surface area contributed by atoms with Crippen LogP contribution in [0.15, 0.2) is 12.7 Å². The number of nitrogens with one attached hydrogen (secondary N) is 2. The molecule has 2 amide bonds. The Morgan fingerprint density at radius 1 is 0.925 bits per heavy atom. The molecular formula is C25H38N2O13. The van der Waals surface area contributed by atoms with Crippen molar-refractivity contribution in [2.24, 2.45) is 0 Å². The van der Waals surface area contributed by atoms with Crippen LogP contribution in [0.3, 0.4) is 0 Å². The zero-order chi connectivity index (χ0) is 30.6. The van der Waals surface area contributed by atoms with Gasteiger partial charge in [0.1, 0.15) is 31.0 Å². The van der Waals surface area contributed by atoms with E-state index in [-0.39, 0.29) is 6.61 Å². The van der Waals surface area contributed by atoms with Crippen molar-refractivity contribution in [1.82, 2.24) is 10.6 Å². The van der Waals surface area contributed by atoms with Crippen molar-refractivity contribution >= 4 is 35.9 Å². The first-order valence-electron chi connectivity index (χ1n) is 12.3. The van der Waals surface area contributed by atoms with E-state index >= 15 is 0 Å². The fraction of sp³-hybridized carbons (Fsp3) is 0.680. The summed E-state index contributed by atoms with van der Waals surface area (Å²) in [6, 6.07) is -2.69. The molecule has 0 radical (unpaired) electrons. The Labute approximate surface area is 232 Å². The van der Waals surface area contributed by atoms with Gasteiger partial charge < -0.3 is 43.8 Å². The van der Waals surface area contributed by atoms with E-state index < -0.39 is 91.4 Å². The predicted octanol–water partition coefficient (Wildman–Crippen LogP) is 0.282. The van der Waals surface area contributed by atoms with Gasteiger partial charge in [0.25, 0.3) is 0 Å².